The number of likely N-dealkylation sites (tertiary alicyclic amines) is 1. The maximum Gasteiger partial charge on any atom is 0.294 e. The number of anilines is 1. The first kappa shape index (κ1) is 22.4. The van der Waals surface area contributed by atoms with E-state index in [1.807, 2.05) is 31.2 Å². The third-order valence-corrected chi connectivity index (χ3v) is 5.49. The minimum atomic E-state index is -0.481. The third-order valence-electron chi connectivity index (χ3n) is 5.49. The summed E-state index contributed by atoms with van der Waals surface area (Å²) in [5.74, 6) is 0.485. The van der Waals surface area contributed by atoms with E-state index in [2.05, 4.69) is 31.2 Å². The molecule has 4 N–H and O–H groups in total. The van der Waals surface area contributed by atoms with Gasteiger partial charge in [0.05, 0.1) is 25.9 Å². The predicted octanol–water partition coefficient (Wildman–Crippen LogP) is 0.354. The van der Waals surface area contributed by atoms with Crippen molar-refractivity contribution < 1.29 is 19.1 Å². The molecule has 0 spiro atoms. The molecule has 0 atom stereocenters. The summed E-state index contributed by atoms with van der Waals surface area (Å²) >= 11 is 0. The number of carbonyl (C=O) groups is 1. The van der Waals surface area contributed by atoms with Gasteiger partial charge in [0.2, 0.25) is 11.6 Å². The SMILES string of the molecule is CCOc1ccccc1/C=N\NC(=O)c1nnn(-c2nonc2N)c1C[NH+]1CCCCCC1. The Kier molecular flexibility index (Phi) is 7.25. The van der Waals surface area contributed by atoms with Crippen molar-refractivity contribution in [3.63, 3.8) is 0 Å². The lowest BCUT2D eigenvalue weighted by molar-refractivity contribution is -0.913. The molecule has 1 saturated heterocycles. The lowest BCUT2D eigenvalue weighted by Gasteiger charge is -2.17. The molecule has 12 heteroatoms. The van der Waals surface area contributed by atoms with Crippen LogP contribution < -0.4 is 20.8 Å². The van der Waals surface area contributed by atoms with Crippen LogP contribution in [0.25, 0.3) is 5.82 Å². The van der Waals surface area contributed by atoms with Crippen LogP contribution >= 0.6 is 0 Å². The van der Waals surface area contributed by atoms with Crippen LogP contribution in [0.4, 0.5) is 5.82 Å². The number of hydrogen-bond acceptors (Lipinski definition) is 9. The van der Waals surface area contributed by atoms with Gasteiger partial charge in [-0.3, -0.25) is 4.79 Å². The predicted molar refractivity (Wildman–Crippen MR) is 119 cm³/mol. The molecular weight excluding hydrogens is 426 g/mol. The largest absolute Gasteiger partial charge is 0.493 e. The monoisotopic (exact) mass is 454 g/mol. The molecule has 1 aliphatic heterocycles. The van der Waals surface area contributed by atoms with Crippen LogP contribution in [0.2, 0.25) is 0 Å². The standard InChI is InChI=1S/C21H27N9O3/c1-2-32-17-10-6-5-9-15(17)13-23-25-21(31)18-16(14-29-11-7-3-4-8-12-29)30(28-24-18)20-19(22)26-33-27-20/h5-6,9-10,13H,2-4,7-8,11-12,14H2,1H3,(H2,22,26)(H,25,31)/p+1/b23-13-. The minimum absolute atomic E-state index is 0.0736. The summed E-state index contributed by atoms with van der Waals surface area (Å²) in [7, 11) is 0. The van der Waals surface area contributed by atoms with E-state index in [0.717, 1.165) is 31.5 Å². The molecule has 1 fully saturated rings. The molecule has 2 aromatic heterocycles. The van der Waals surface area contributed by atoms with Crippen LogP contribution in [0, 0.1) is 0 Å². The maximum atomic E-state index is 13.0. The van der Waals surface area contributed by atoms with Gasteiger partial charge < -0.3 is 15.4 Å². The van der Waals surface area contributed by atoms with Crippen molar-refractivity contribution in [3.8, 4) is 11.6 Å². The molecule has 3 aromatic rings. The molecule has 174 valence electrons. The van der Waals surface area contributed by atoms with E-state index in [1.54, 1.807) is 0 Å². The number of amides is 1. The number of nitrogen functional groups attached to an aromatic ring is 1. The summed E-state index contributed by atoms with van der Waals surface area (Å²) in [6, 6.07) is 7.44. The van der Waals surface area contributed by atoms with Gasteiger partial charge in [-0.05, 0) is 55.1 Å². The normalized spacial score (nSPS) is 14.9. The Labute approximate surface area is 190 Å². The molecule has 33 heavy (non-hydrogen) atoms. The zero-order chi connectivity index (χ0) is 23.0. The Bertz CT molecular complexity index is 1100. The second-order valence-corrected chi connectivity index (χ2v) is 7.78. The molecule has 0 bridgehead atoms. The lowest BCUT2D eigenvalue weighted by atomic mass is 10.2. The lowest BCUT2D eigenvalue weighted by Crippen LogP contribution is -3.10. The summed E-state index contributed by atoms with van der Waals surface area (Å²) < 4.78 is 11.7. The van der Waals surface area contributed by atoms with Crippen LogP contribution in [-0.2, 0) is 6.54 Å². The highest BCUT2D eigenvalue weighted by Crippen LogP contribution is 2.17. The quantitative estimate of drug-likeness (QED) is 0.326. The van der Waals surface area contributed by atoms with Gasteiger partial charge >= 0.3 is 0 Å². The number of nitrogens with zero attached hydrogens (tertiary/aromatic N) is 6. The fourth-order valence-electron chi connectivity index (χ4n) is 3.87. The van der Waals surface area contributed by atoms with Gasteiger partial charge in [-0.25, -0.2) is 10.1 Å². The first-order valence-electron chi connectivity index (χ1n) is 11.1. The number of para-hydroxylation sites is 1. The van der Waals surface area contributed by atoms with Gasteiger partial charge in [0.1, 0.15) is 18.0 Å². The summed E-state index contributed by atoms with van der Waals surface area (Å²) in [5.41, 5.74) is 9.90. The maximum absolute atomic E-state index is 13.0. The molecule has 0 aliphatic carbocycles. The molecule has 1 amide bonds. The summed E-state index contributed by atoms with van der Waals surface area (Å²) in [6.45, 7) is 4.99. The Hall–Kier alpha value is -3.80. The number of nitrogens with two attached hydrogens (primary N) is 1. The van der Waals surface area contributed by atoms with Gasteiger partial charge in [-0.2, -0.15) is 9.78 Å². The fraction of sp³-hybridized carbons (Fsp3) is 0.429. The Morgan fingerprint density at radius 3 is 2.79 bits per heavy atom. The average Bonchev–Trinajstić information content (AvgIpc) is 3.32. The highest BCUT2D eigenvalue weighted by molar-refractivity contribution is 5.94. The van der Waals surface area contributed by atoms with Gasteiger partial charge in [-0.15, -0.1) is 5.10 Å². The number of quaternary nitrogens is 1. The van der Waals surface area contributed by atoms with Crippen molar-refractivity contribution in [2.24, 2.45) is 5.10 Å². The molecule has 0 saturated carbocycles. The minimum Gasteiger partial charge on any atom is -0.493 e. The molecule has 12 nitrogen and oxygen atoms in total. The smallest absolute Gasteiger partial charge is 0.294 e. The molecular formula is C21H28N9O3+. The summed E-state index contributed by atoms with van der Waals surface area (Å²) in [5, 5.41) is 19.7. The van der Waals surface area contributed by atoms with Crippen LogP contribution in [0.3, 0.4) is 0 Å². The first-order chi connectivity index (χ1) is 16.2. The second-order valence-electron chi connectivity index (χ2n) is 7.78. The Morgan fingerprint density at radius 1 is 1.27 bits per heavy atom. The Balaban J connectivity index is 1.56. The number of aromatic nitrogens is 5. The Morgan fingerprint density at radius 2 is 2.06 bits per heavy atom. The van der Waals surface area contributed by atoms with Gasteiger partial charge in [0.15, 0.2) is 5.69 Å². The van der Waals surface area contributed by atoms with Crippen LogP contribution in [0.1, 0.15) is 54.4 Å². The van der Waals surface area contributed by atoms with Gasteiger partial charge in [0, 0.05) is 5.56 Å². The third kappa shape index (κ3) is 5.34. The van der Waals surface area contributed by atoms with Crippen molar-refractivity contribution in [2.45, 2.75) is 39.2 Å². The molecule has 0 unspecified atom stereocenters. The number of carbonyl (C=O) groups excluding carboxylic acids is 1. The second kappa shape index (κ2) is 10.7. The number of hydrogen-bond donors (Lipinski definition) is 3. The number of ether oxygens (including phenoxy) is 1. The summed E-state index contributed by atoms with van der Waals surface area (Å²) in [4.78, 5) is 14.3. The van der Waals surface area contributed by atoms with E-state index >= 15 is 0 Å². The zero-order valence-corrected chi connectivity index (χ0v) is 18.5. The van der Waals surface area contributed by atoms with Crippen LogP contribution in [0.5, 0.6) is 5.75 Å². The van der Waals surface area contributed by atoms with E-state index in [-0.39, 0.29) is 17.3 Å². The van der Waals surface area contributed by atoms with E-state index in [4.69, 9.17) is 15.1 Å². The van der Waals surface area contributed by atoms with Crippen molar-refractivity contribution in [2.75, 3.05) is 25.4 Å². The zero-order valence-electron chi connectivity index (χ0n) is 18.5. The van der Waals surface area contributed by atoms with Crippen LogP contribution in [-0.4, -0.2) is 57.1 Å². The number of benzene rings is 1. The average molecular weight is 455 g/mol. The molecule has 4 rings (SSSR count). The van der Waals surface area contributed by atoms with Gasteiger partial charge in [-0.1, -0.05) is 17.3 Å². The number of hydrazone groups is 1. The van der Waals surface area contributed by atoms with Crippen molar-refractivity contribution >= 4 is 17.9 Å². The van der Waals surface area contributed by atoms with Gasteiger partial charge in [0.25, 0.3) is 5.91 Å². The van der Waals surface area contributed by atoms with Crippen LogP contribution in [0.15, 0.2) is 34.0 Å². The number of rotatable bonds is 8. The molecule has 1 aliphatic rings. The van der Waals surface area contributed by atoms with E-state index in [9.17, 15) is 4.79 Å². The van der Waals surface area contributed by atoms with E-state index in [1.165, 1.54) is 28.6 Å². The molecule has 0 radical (unpaired) electrons. The molecule has 3 heterocycles. The van der Waals surface area contributed by atoms with E-state index < -0.39 is 5.91 Å². The highest BCUT2D eigenvalue weighted by Gasteiger charge is 2.27. The van der Waals surface area contributed by atoms with Crippen molar-refractivity contribution in [1.82, 2.24) is 30.7 Å². The van der Waals surface area contributed by atoms with E-state index in [0.29, 0.717) is 24.6 Å². The number of nitrogens with one attached hydrogen (secondary N) is 2. The first-order valence-corrected chi connectivity index (χ1v) is 11.1. The fourth-order valence-corrected chi connectivity index (χ4v) is 3.87. The highest BCUT2D eigenvalue weighted by atomic mass is 16.6. The molecule has 1 aromatic carbocycles. The van der Waals surface area contributed by atoms with Crippen molar-refractivity contribution in [3.05, 3.63) is 41.2 Å². The topological polar surface area (TPSA) is 151 Å². The summed E-state index contributed by atoms with van der Waals surface area (Å²) in [6.07, 6.45) is 6.23. The van der Waals surface area contributed by atoms with Crippen molar-refractivity contribution in [1.29, 1.82) is 0 Å².